The average Bonchev–Trinajstić information content (AvgIpc) is 2.82. The van der Waals surface area contributed by atoms with Crippen molar-refractivity contribution in [3.63, 3.8) is 0 Å². The first-order valence-corrected chi connectivity index (χ1v) is 6.25. The number of methoxy groups -OCH3 is 1. The number of esters is 1. The zero-order valence-corrected chi connectivity index (χ0v) is 12.3. The number of ether oxygens (including phenoxy) is 1. The van der Waals surface area contributed by atoms with Crippen LogP contribution in [0.4, 0.5) is 0 Å². The number of aryl methyl sites for hydroxylation is 1. The molecule has 0 aromatic carbocycles. The molecule has 0 atom stereocenters. The third-order valence-corrected chi connectivity index (χ3v) is 3.76. The van der Waals surface area contributed by atoms with Crippen LogP contribution in [0.2, 0.25) is 0 Å². The number of nitrogens with zero attached hydrogens (tertiary/aromatic N) is 3. The van der Waals surface area contributed by atoms with E-state index in [1.807, 2.05) is 0 Å². The SMILES string of the molecule is COC(=O)c1cn(-c2ccnn2C)c(C)c(Br)c1=O. The van der Waals surface area contributed by atoms with E-state index in [1.54, 1.807) is 35.5 Å². The van der Waals surface area contributed by atoms with E-state index in [2.05, 4.69) is 25.8 Å². The van der Waals surface area contributed by atoms with Gasteiger partial charge in [0, 0.05) is 25.0 Å². The van der Waals surface area contributed by atoms with Crippen LogP contribution in [0.5, 0.6) is 0 Å². The van der Waals surface area contributed by atoms with Crippen molar-refractivity contribution < 1.29 is 9.53 Å². The minimum Gasteiger partial charge on any atom is -0.465 e. The predicted octanol–water partition coefficient (Wildman–Crippen LogP) is 1.43. The molecule has 2 rings (SSSR count). The fourth-order valence-corrected chi connectivity index (χ4v) is 2.17. The molecule has 2 heterocycles. The van der Waals surface area contributed by atoms with E-state index >= 15 is 0 Å². The van der Waals surface area contributed by atoms with Gasteiger partial charge in [-0.1, -0.05) is 0 Å². The highest BCUT2D eigenvalue weighted by Gasteiger charge is 2.18. The number of carbonyl (C=O) groups is 1. The normalized spacial score (nSPS) is 10.5. The number of aromatic nitrogens is 3. The van der Waals surface area contributed by atoms with Crippen LogP contribution < -0.4 is 5.43 Å². The summed E-state index contributed by atoms with van der Waals surface area (Å²) in [5.74, 6) is 0.0740. The minimum absolute atomic E-state index is 0.0267. The van der Waals surface area contributed by atoms with Crippen LogP contribution in [0.1, 0.15) is 16.1 Å². The van der Waals surface area contributed by atoms with Gasteiger partial charge in [-0.3, -0.25) is 9.48 Å². The summed E-state index contributed by atoms with van der Waals surface area (Å²) in [4.78, 5) is 23.6. The van der Waals surface area contributed by atoms with Gasteiger partial charge in [-0.25, -0.2) is 4.79 Å². The van der Waals surface area contributed by atoms with Gasteiger partial charge in [-0.15, -0.1) is 0 Å². The van der Waals surface area contributed by atoms with E-state index in [9.17, 15) is 9.59 Å². The summed E-state index contributed by atoms with van der Waals surface area (Å²) in [7, 11) is 3.02. The van der Waals surface area contributed by atoms with E-state index in [-0.39, 0.29) is 11.0 Å². The molecule has 0 aliphatic rings. The lowest BCUT2D eigenvalue weighted by molar-refractivity contribution is 0.0598. The van der Waals surface area contributed by atoms with Gasteiger partial charge in [0.05, 0.1) is 17.8 Å². The molecule has 0 N–H and O–H groups in total. The van der Waals surface area contributed by atoms with Crippen molar-refractivity contribution in [2.24, 2.45) is 7.05 Å². The molecule has 6 nitrogen and oxygen atoms in total. The third-order valence-electron chi connectivity index (χ3n) is 2.83. The van der Waals surface area contributed by atoms with Crippen molar-refractivity contribution in [3.8, 4) is 5.82 Å². The molecule has 0 radical (unpaired) electrons. The standard InChI is InChI=1S/C12H12BrN3O3/c1-7-10(13)11(17)8(12(18)19-3)6-16(7)9-4-5-14-15(9)2/h4-6H,1-3H3. The molecule has 2 aromatic heterocycles. The van der Waals surface area contributed by atoms with Crippen LogP contribution in [0.15, 0.2) is 27.7 Å². The molecule has 0 bridgehead atoms. The van der Waals surface area contributed by atoms with Crippen molar-refractivity contribution >= 4 is 21.9 Å². The summed E-state index contributed by atoms with van der Waals surface area (Å²) in [5, 5.41) is 4.07. The zero-order valence-electron chi connectivity index (χ0n) is 10.7. The second-order valence-corrected chi connectivity index (χ2v) is 4.74. The maximum Gasteiger partial charge on any atom is 0.343 e. The fourth-order valence-electron chi connectivity index (χ4n) is 1.77. The number of pyridine rings is 1. The van der Waals surface area contributed by atoms with Crippen molar-refractivity contribution in [3.05, 3.63) is 44.4 Å². The van der Waals surface area contributed by atoms with Gasteiger partial charge in [0.2, 0.25) is 5.43 Å². The van der Waals surface area contributed by atoms with E-state index in [1.165, 1.54) is 13.3 Å². The first-order chi connectivity index (χ1) is 8.97. The maximum atomic E-state index is 12.0. The van der Waals surface area contributed by atoms with Crippen molar-refractivity contribution in [2.45, 2.75) is 6.92 Å². The number of rotatable bonds is 2. The third kappa shape index (κ3) is 2.21. The molecule has 0 spiro atoms. The molecule has 0 unspecified atom stereocenters. The fraction of sp³-hybridized carbons (Fsp3) is 0.250. The molecule has 0 amide bonds. The second-order valence-electron chi connectivity index (χ2n) is 3.95. The molecule has 2 aromatic rings. The lowest BCUT2D eigenvalue weighted by atomic mass is 10.2. The zero-order chi connectivity index (χ0) is 14.2. The van der Waals surface area contributed by atoms with Crippen LogP contribution in [-0.2, 0) is 11.8 Å². The molecule has 7 heteroatoms. The highest BCUT2D eigenvalue weighted by molar-refractivity contribution is 9.10. The number of carbonyl (C=O) groups excluding carboxylic acids is 1. The first kappa shape index (κ1) is 13.5. The Morgan fingerprint density at radius 1 is 1.47 bits per heavy atom. The Morgan fingerprint density at radius 2 is 2.16 bits per heavy atom. The van der Waals surface area contributed by atoms with Gasteiger partial charge >= 0.3 is 5.97 Å². The van der Waals surface area contributed by atoms with Gasteiger partial charge in [0.25, 0.3) is 0 Å². The second kappa shape index (κ2) is 5.00. The molecule has 19 heavy (non-hydrogen) atoms. The van der Waals surface area contributed by atoms with Crippen LogP contribution in [0.25, 0.3) is 5.82 Å². The van der Waals surface area contributed by atoms with Crippen molar-refractivity contribution in [1.82, 2.24) is 14.3 Å². The Kier molecular flexibility index (Phi) is 3.57. The van der Waals surface area contributed by atoms with Gasteiger partial charge in [0.15, 0.2) is 0 Å². The summed E-state index contributed by atoms with van der Waals surface area (Å²) >= 11 is 3.22. The van der Waals surface area contributed by atoms with E-state index in [0.29, 0.717) is 10.2 Å². The number of hydrogen-bond donors (Lipinski definition) is 0. The average molecular weight is 326 g/mol. The van der Waals surface area contributed by atoms with E-state index in [0.717, 1.165) is 5.82 Å². The predicted molar refractivity (Wildman–Crippen MR) is 72.6 cm³/mol. The molecule has 0 fully saturated rings. The first-order valence-electron chi connectivity index (χ1n) is 5.45. The number of hydrogen-bond acceptors (Lipinski definition) is 4. The van der Waals surface area contributed by atoms with Gasteiger partial charge in [-0.05, 0) is 22.9 Å². The topological polar surface area (TPSA) is 66.1 Å². The van der Waals surface area contributed by atoms with Gasteiger partial charge in [0.1, 0.15) is 11.4 Å². The van der Waals surface area contributed by atoms with Crippen molar-refractivity contribution in [1.29, 1.82) is 0 Å². The number of halogens is 1. The highest BCUT2D eigenvalue weighted by Crippen LogP contribution is 2.17. The molecular formula is C12H12BrN3O3. The summed E-state index contributed by atoms with van der Waals surface area (Å²) < 4.78 is 8.31. The lowest BCUT2D eigenvalue weighted by Crippen LogP contribution is -2.22. The monoisotopic (exact) mass is 325 g/mol. The Bertz CT molecular complexity index is 703. The summed E-state index contributed by atoms with van der Waals surface area (Å²) in [6, 6.07) is 1.78. The van der Waals surface area contributed by atoms with Gasteiger partial charge in [-0.2, -0.15) is 5.10 Å². The summed E-state index contributed by atoms with van der Waals surface area (Å²) in [5.41, 5.74) is 0.269. The van der Waals surface area contributed by atoms with Crippen molar-refractivity contribution in [2.75, 3.05) is 7.11 Å². The minimum atomic E-state index is -0.665. The van der Waals surface area contributed by atoms with Crippen LogP contribution in [-0.4, -0.2) is 27.4 Å². The van der Waals surface area contributed by atoms with Crippen LogP contribution in [0, 0.1) is 6.92 Å². The molecule has 0 aliphatic carbocycles. The van der Waals surface area contributed by atoms with E-state index < -0.39 is 5.97 Å². The smallest absolute Gasteiger partial charge is 0.343 e. The van der Waals surface area contributed by atoms with Gasteiger partial charge < -0.3 is 9.30 Å². The highest BCUT2D eigenvalue weighted by atomic mass is 79.9. The molecule has 100 valence electrons. The Balaban J connectivity index is 2.76. The largest absolute Gasteiger partial charge is 0.465 e. The molecule has 0 saturated carbocycles. The summed E-state index contributed by atoms with van der Waals surface area (Å²) in [6.07, 6.45) is 3.10. The Labute approximate surface area is 117 Å². The van der Waals surface area contributed by atoms with E-state index in [4.69, 9.17) is 0 Å². The van der Waals surface area contributed by atoms with Crippen LogP contribution in [0.3, 0.4) is 0 Å². The quantitative estimate of drug-likeness (QED) is 0.783. The Hall–Kier alpha value is -1.89. The lowest BCUT2D eigenvalue weighted by Gasteiger charge is -2.13. The maximum absolute atomic E-state index is 12.0. The molecular weight excluding hydrogens is 314 g/mol. The summed E-state index contributed by atoms with van der Waals surface area (Å²) in [6.45, 7) is 1.78. The molecule has 0 saturated heterocycles. The van der Waals surface area contributed by atoms with Crippen LogP contribution >= 0.6 is 15.9 Å². The molecule has 0 aliphatic heterocycles. The Morgan fingerprint density at radius 3 is 2.68 bits per heavy atom.